The minimum atomic E-state index is -3.55. The van der Waals surface area contributed by atoms with Crippen molar-refractivity contribution in [1.82, 2.24) is 10.2 Å². The lowest BCUT2D eigenvalue weighted by atomic mass is 10.6. The molecule has 16 heavy (non-hydrogen) atoms. The summed E-state index contributed by atoms with van der Waals surface area (Å²) in [6, 6.07) is 0. The minimum Gasteiger partial charge on any atom is -0.376 e. The van der Waals surface area contributed by atoms with Crippen LogP contribution in [0.3, 0.4) is 0 Å². The lowest BCUT2D eigenvalue weighted by molar-refractivity contribution is 0.0517. The highest BCUT2D eigenvalue weighted by Crippen LogP contribution is 2.48. The molecule has 0 saturated carbocycles. The number of aliphatic hydroxyl groups is 1. The number of phosphoric acid groups is 1. The molecule has 98 valence electrons. The molecule has 0 aliphatic carbocycles. The van der Waals surface area contributed by atoms with Crippen LogP contribution in [0.5, 0.6) is 0 Å². The Hall–Kier alpha value is -0.0100. The number of nitrogens with one attached hydrogen (secondary N) is 1. The molecule has 0 bridgehead atoms. The molecule has 0 amide bonds. The standard InChI is InChI=1S/C8H21N2O5P/c1-9-8(11)7-15-16(12,13-4)14-6-5-10(2)3/h8-9,11H,5-7H2,1-4H3. The fourth-order valence-electron chi connectivity index (χ4n) is 0.723. The van der Waals surface area contributed by atoms with E-state index in [1.54, 1.807) is 7.05 Å². The molecule has 8 heteroatoms. The largest absolute Gasteiger partial charge is 0.474 e. The van der Waals surface area contributed by atoms with E-state index in [1.165, 1.54) is 7.11 Å². The summed E-state index contributed by atoms with van der Waals surface area (Å²) in [5.74, 6) is 0. The monoisotopic (exact) mass is 256 g/mol. The summed E-state index contributed by atoms with van der Waals surface area (Å²) < 4.78 is 26.3. The Kier molecular flexibility index (Phi) is 8.13. The van der Waals surface area contributed by atoms with Crippen LogP contribution in [0.2, 0.25) is 0 Å². The van der Waals surface area contributed by atoms with E-state index in [2.05, 4.69) is 9.84 Å². The molecule has 0 aromatic carbocycles. The van der Waals surface area contributed by atoms with Gasteiger partial charge in [0.05, 0.1) is 13.2 Å². The van der Waals surface area contributed by atoms with E-state index in [0.717, 1.165) is 0 Å². The molecular weight excluding hydrogens is 235 g/mol. The topological polar surface area (TPSA) is 80.3 Å². The Morgan fingerprint density at radius 1 is 1.44 bits per heavy atom. The van der Waals surface area contributed by atoms with Crippen LogP contribution < -0.4 is 5.32 Å². The van der Waals surface area contributed by atoms with Crippen LogP contribution >= 0.6 is 7.82 Å². The highest BCUT2D eigenvalue weighted by atomic mass is 31.2. The predicted molar refractivity (Wildman–Crippen MR) is 60.1 cm³/mol. The van der Waals surface area contributed by atoms with Gasteiger partial charge in [0.25, 0.3) is 0 Å². The molecule has 0 spiro atoms. The molecule has 0 saturated heterocycles. The average molecular weight is 256 g/mol. The highest BCUT2D eigenvalue weighted by Gasteiger charge is 2.25. The van der Waals surface area contributed by atoms with Crippen LogP contribution in [-0.2, 0) is 18.1 Å². The quantitative estimate of drug-likeness (QED) is 0.439. The van der Waals surface area contributed by atoms with Gasteiger partial charge in [-0.2, -0.15) is 0 Å². The first kappa shape index (κ1) is 16.0. The molecular formula is C8H21N2O5P. The van der Waals surface area contributed by atoms with Crippen molar-refractivity contribution in [2.45, 2.75) is 6.23 Å². The van der Waals surface area contributed by atoms with Gasteiger partial charge in [-0.3, -0.25) is 18.9 Å². The van der Waals surface area contributed by atoms with Crippen molar-refractivity contribution in [3.63, 3.8) is 0 Å². The SMILES string of the molecule is CNC(O)COP(=O)(OC)OCCN(C)C. The number of likely N-dealkylation sites (N-methyl/N-ethyl adjacent to an activating group) is 2. The molecule has 2 atom stereocenters. The lowest BCUT2D eigenvalue weighted by Crippen LogP contribution is -2.29. The Morgan fingerprint density at radius 3 is 2.50 bits per heavy atom. The lowest BCUT2D eigenvalue weighted by Gasteiger charge is -2.18. The number of hydrogen-bond donors (Lipinski definition) is 2. The van der Waals surface area contributed by atoms with E-state index >= 15 is 0 Å². The average Bonchev–Trinajstić information content (AvgIpc) is 2.25. The van der Waals surface area contributed by atoms with Gasteiger partial charge >= 0.3 is 7.82 Å². The van der Waals surface area contributed by atoms with Crippen molar-refractivity contribution in [1.29, 1.82) is 0 Å². The molecule has 0 aliphatic rings. The third kappa shape index (κ3) is 7.29. The zero-order chi connectivity index (χ0) is 12.6. The summed E-state index contributed by atoms with van der Waals surface area (Å²) >= 11 is 0. The molecule has 7 nitrogen and oxygen atoms in total. The summed E-state index contributed by atoms with van der Waals surface area (Å²) in [6.45, 7) is 0.669. The van der Waals surface area contributed by atoms with Gasteiger partial charge in [-0.05, 0) is 21.1 Å². The van der Waals surface area contributed by atoms with Gasteiger partial charge in [-0.25, -0.2) is 4.57 Å². The fourth-order valence-corrected chi connectivity index (χ4v) is 1.64. The third-order valence-electron chi connectivity index (χ3n) is 1.74. The Bertz CT molecular complexity index is 226. The van der Waals surface area contributed by atoms with Crippen LogP contribution in [0.1, 0.15) is 0 Å². The summed E-state index contributed by atoms with van der Waals surface area (Å²) in [7, 11) is 2.98. The number of aliphatic hydroxyl groups excluding tert-OH is 1. The second kappa shape index (κ2) is 8.14. The molecule has 0 aromatic rings. The van der Waals surface area contributed by atoms with E-state index in [9.17, 15) is 4.57 Å². The number of phosphoric ester groups is 1. The van der Waals surface area contributed by atoms with Crippen molar-refractivity contribution in [2.24, 2.45) is 0 Å². The first-order chi connectivity index (χ1) is 7.43. The normalized spacial score (nSPS) is 17.4. The summed E-state index contributed by atoms with van der Waals surface area (Å²) in [5, 5.41) is 11.7. The van der Waals surface area contributed by atoms with Gasteiger partial charge in [-0.1, -0.05) is 0 Å². The molecule has 2 N–H and O–H groups in total. The zero-order valence-electron chi connectivity index (χ0n) is 10.2. The first-order valence-corrected chi connectivity index (χ1v) is 6.34. The number of rotatable bonds is 9. The molecule has 0 heterocycles. The molecule has 0 aromatic heterocycles. The minimum absolute atomic E-state index is 0.163. The molecule has 0 fully saturated rings. The van der Waals surface area contributed by atoms with Crippen molar-refractivity contribution >= 4 is 7.82 Å². The van der Waals surface area contributed by atoms with Crippen LogP contribution in [0, 0.1) is 0 Å². The van der Waals surface area contributed by atoms with Crippen LogP contribution in [0.15, 0.2) is 0 Å². The van der Waals surface area contributed by atoms with E-state index in [-0.39, 0.29) is 13.2 Å². The zero-order valence-corrected chi connectivity index (χ0v) is 11.1. The van der Waals surface area contributed by atoms with Gasteiger partial charge < -0.3 is 10.0 Å². The van der Waals surface area contributed by atoms with Gasteiger partial charge in [-0.15, -0.1) is 0 Å². The Balaban J connectivity index is 3.96. The highest BCUT2D eigenvalue weighted by molar-refractivity contribution is 7.48. The molecule has 0 rings (SSSR count). The van der Waals surface area contributed by atoms with Gasteiger partial charge in [0.2, 0.25) is 0 Å². The Labute approximate surface area is 96.3 Å². The van der Waals surface area contributed by atoms with Crippen molar-refractivity contribution in [3.05, 3.63) is 0 Å². The van der Waals surface area contributed by atoms with Crippen LogP contribution in [0.4, 0.5) is 0 Å². The first-order valence-electron chi connectivity index (χ1n) is 4.88. The number of nitrogens with zero attached hydrogens (tertiary/aromatic N) is 1. The summed E-state index contributed by atoms with van der Waals surface area (Å²) in [5.41, 5.74) is 0. The van der Waals surface area contributed by atoms with Gasteiger partial charge in [0.1, 0.15) is 6.23 Å². The maximum atomic E-state index is 11.8. The number of hydrogen-bond acceptors (Lipinski definition) is 7. The maximum absolute atomic E-state index is 11.8. The van der Waals surface area contributed by atoms with E-state index in [4.69, 9.17) is 14.2 Å². The van der Waals surface area contributed by atoms with Crippen LogP contribution in [0.25, 0.3) is 0 Å². The van der Waals surface area contributed by atoms with Crippen molar-refractivity contribution in [2.75, 3.05) is 48.0 Å². The van der Waals surface area contributed by atoms with Gasteiger partial charge in [0.15, 0.2) is 0 Å². The predicted octanol–water partition coefficient (Wildman–Crippen LogP) is -0.126. The summed E-state index contributed by atoms with van der Waals surface area (Å²) in [6.07, 6.45) is -0.902. The van der Waals surface area contributed by atoms with Crippen LogP contribution in [-0.4, -0.2) is 64.2 Å². The smallest absolute Gasteiger partial charge is 0.376 e. The third-order valence-corrected chi connectivity index (χ3v) is 3.15. The van der Waals surface area contributed by atoms with Gasteiger partial charge in [0, 0.05) is 13.7 Å². The van der Waals surface area contributed by atoms with E-state index in [1.807, 2.05) is 19.0 Å². The Morgan fingerprint density at radius 2 is 2.06 bits per heavy atom. The molecule has 0 aliphatic heterocycles. The summed E-state index contributed by atoms with van der Waals surface area (Å²) in [4.78, 5) is 1.88. The fraction of sp³-hybridized carbons (Fsp3) is 1.00. The maximum Gasteiger partial charge on any atom is 0.474 e. The second-order valence-corrected chi connectivity index (χ2v) is 5.14. The second-order valence-electron chi connectivity index (χ2n) is 3.37. The molecule has 0 radical (unpaired) electrons. The van der Waals surface area contributed by atoms with Crippen molar-refractivity contribution < 1.29 is 23.2 Å². The molecule has 2 unspecified atom stereocenters. The van der Waals surface area contributed by atoms with E-state index < -0.39 is 14.1 Å². The van der Waals surface area contributed by atoms with Crippen molar-refractivity contribution in [3.8, 4) is 0 Å². The van der Waals surface area contributed by atoms with E-state index in [0.29, 0.717) is 6.54 Å².